The van der Waals surface area contributed by atoms with Crippen LogP contribution in [0.15, 0.2) is 18.2 Å². The Morgan fingerprint density at radius 1 is 1.44 bits per heavy atom. The van der Waals surface area contributed by atoms with E-state index in [9.17, 15) is 9.59 Å². The van der Waals surface area contributed by atoms with Crippen LogP contribution in [-0.2, 0) is 0 Å². The number of anilines is 1. The molecule has 0 heterocycles. The molecule has 2 amide bonds. The number of benzene rings is 1. The fraction of sp³-hybridized carbons (Fsp3) is 0.231. The highest BCUT2D eigenvalue weighted by molar-refractivity contribution is 5.94. The summed E-state index contributed by atoms with van der Waals surface area (Å²) in [5.74, 6) is 1.31. The molecule has 0 fully saturated rings. The fourth-order valence-electron chi connectivity index (χ4n) is 1.29. The number of carboxylic acid groups (broad SMARTS) is 1. The SMILES string of the molecule is C#CC(C)NC(=O)Nc1cc(C(=O)O)ccc1C. The number of rotatable bonds is 3. The van der Waals surface area contributed by atoms with Crippen molar-refractivity contribution >= 4 is 17.7 Å². The molecule has 0 spiro atoms. The Morgan fingerprint density at radius 3 is 2.67 bits per heavy atom. The van der Waals surface area contributed by atoms with Crippen LogP contribution in [-0.4, -0.2) is 23.1 Å². The third kappa shape index (κ3) is 3.52. The van der Waals surface area contributed by atoms with Crippen LogP contribution in [0.25, 0.3) is 0 Å². The first-order chi connectivity index (χ1) is 8.43. The van der Waals surface area contributed by atoms with Crippen LogP contribution in [0.1, 0.15) is 22.8 Å². The van der Waals surface area contributed by atoms with Crippen LogP contribution in [0.5, 0.6) is 0 Å². The molecule has 0 aliphatic rings. The Kier molecular flexibility index (Phi) is 4.33. The summed E-state index contributed by atoms with van der Waals surface area (Å²) in [6.07, 6.45) is 5.14. The van der Waals surface area contributed by atoms with Crippen LogP contribution < -0.4 is 10.6 Å². The van der Waals surface area contributed by atoms with Gasteiger partial charge in [-0.1, -0.05) is 12.0 Å². The van der Waals surface area contributed by atoms with Crippen molar-refractivity contribution in [2.45, 2.75) is 19.9 Å². The Balaban J connectivity index is 2.84. The molecule has 1 atom stereocenters. The number of carboxylic acids is 1. The zero-order valence-electron chi connectivity index (χ0n) is 10.2. The van der Waals surface area contributed by atoms with E-state index in [0.717, 1.165) is 5.56 Å². The minimum absolute atomic E-state index is 0.112. The van der Waals surface area contributed by atoms with E-state index in [1.54, 1.807) is 19.9 Å². The molecular weight excluding hydrogens is 232 g/mol. The topological polar surface area (TPSA) is 78.4 Å². The molecule has 5 heteroatoms. The average molecular weight is 246 g/mol. The van der Waals surface area contributed by atoms with Gasteiger partial charge in [-0.25, -0.2) is 9.59 Å². The molecule has 1 unspecified atom stereocenters. The van der Waals surface area contributed by atoms with E-state index in [2.05, 4.69) is 16.6 Å². The van der Waals surface area contributed by atoms with Crippen molar-refractivity contribution in [2.24, 2.45) is 0 Å². The molecule has 0 aromatic heterocycles. The van der Waals surface area contributed by atoms with Gasteiger partial charge in [0, 0.05) is 5.69 Å². The van der Waals surface area contributed by atoms with E-state index in [1.807, 2.05) is 0 Å². The zero-order chi connectivity index (χ0) is 13.7. The van der Waals surface area contributed by atoms with E-state index >= 15 is 0 Å². The van der Waals surface area contributed by atoms with Crippen molar-refractivity contribution in [2.75, 3.05) is 5.32 Å². The van der Waals surface area contributed by atoms with Crippen molar-refractivity contribution in [3.63, 3.8) is 0 Å². The van der Waals surface area contributed by atoms with Gasteiger partial charge in [-0.05, 0) is 31.5 Å². The zero-order valence-corrected chi connectivity index (χ0v) is 10.2. The van der Waals surface area contributed by atoms with Crippen molar-refractivity contribution in [3.8, 4) is 12.3 Å². The first-order valence-electron chi connectivity index (χ1n) is 5.31. The van der Waals surface area contributed by atoms with Crippen LogP contribution in [0.4, 0.5) is 10.5 Å². The van der Waals surface area contributed by atoms with Gasteiger partial charge in [-0.15, -0.1) is 6.42 Å². The molecule has 0 radical (unpaired) electrons. The Labute approximate surface area is 105 Å². The van der Waals surface area contributed by atoms with Gasteiger partial charge < -0.3 is 15.7 Å². The van der Waals surface area contributed by atoms with Crippen molar-refractivity contribution < 1.29 is 14.7 Å². The highest BCUT2D eigenvalue weighted by Crippen LogP contribution is 2.16. The molecule has 1 aromatic carbocycles. The lowest BCUT2D eigenvalue weighted by Gasteiger charge is -2.12. The Hall–Kier alpha value is -2.48. The van der Waals surface area contributed by atoms with Gasteiger partial charge in [0.1, 0.15) is 0 Å². The molecule has 1 aromatic rings. The third-order valence-electron chi connectivity index (χ3n) is 2.33. The van der Waals surface area contributed by atoms with Gasteiger partial charge >= 0.3 is 12.0 Å². The second kappa shape index (κ2) is 5.73. The summed E-state index contributed by atoms with van der Waals surface area (Å²) in [7, 11) is 0. The lowest BCUT2D eigenvalue weighted by molar-refractivity contribution is 0.0697. The fourth-order valence-corrected chi connectivity index (χ4v) is 1.29. The second-order valence-electron chi connectivity index (χ2n) is 3.82. The molecule has 5 nitrogen and oxygen atoms in total. The summed E-state index contributed by atoms with van der Waals surface area (Å²) in [5.41, 5.74) is 1.32. The lowest BCUT2D eigenvalue weighted by Crippen LogP contribution is -2.35. The maximum atomic E-state index is 11.5. The molecule has 0 aliphatic carbocycles. The van der Waals surface area contributed by atoms with E-state index < -0.39 is 18.0 Å². The highest BCUT2D eigenvalue weighted by Gasteiger charge is 2.09. The summed E-state index contributed by atoms with van der Waals surface area (Å²) in [6, 6.07) is 3.64. The maximum Gasteiger partial charge on any atom is 0.335 e. The number of aromatic carboxylic acids is 1. The van der Waals surface area contributed by atoms with Gasteiger partial charge in [-0.3, -0.25) is 0 Å². The van der Waals surface area contributed by atoms with Gasteiger partial charge in [0.15, 0.2) is 0 Å². The van der Waals surface area contributed by atoms with Crippen molar-refractivity contribution in [1.82, 2.24) is 5.32 Å². The van der Waals surface area contributed by atoms with E-state index in [-0.39, 0.29) is 5.56 Å². The van der Waals surface area contributed by atoms with Gasteiger partial charge in [0.2, 0.25) is 0 Å². The Morgan fingerprint density at radius 2 is 2.11 bits per heavy atom. The van der Waals surface area contributed by atoms with E-state index in [1.165, 1.54) is 12.1 Å². The number of aryl methyl sites for hydroxylation is 1. The monoisotopic (exact) mass is 246 g/mol. The number of carbonyl (C=O) groups is 2. The molecule has 3 N–H and O–H groups in total. The van der Waals surface area contributed by atoms with Crippen LogP contribution >= 0.6 is 0 Å². The van der Waals surface area contributed by atoms with Crippen LogP contribution in [0.3, 0.4) is 0 Å². The quantitative estimate of drug-likeness (QED) is 0.712. The third-order valence-corrected chi connectivity index (χ3v) is 2.33. The van der Waals surface area contributed by atoms with Crippen molar-refractivity contribution in [1.29, 1.82) is 0 Å². The summed E-state index contributed by atoms with van der Waals surface area (Å²) in [4.78, 5) is 22.4. The minimum Gasteiger partial charge on any atom is -0.478 e. The first kappa shape index (κ1) is 13.6. The molecule has 0 saturated heterocycles. The second-order valence-corrected chi connectivity index (χ2v) is 3.82. The van der Waals surface area contributed by atoms with Crippen LogP contribution in [0, 0.1) is 19.3 Å². The number of carbonyl (C=O) groups excluding carboxylic acids is 1. The Bertz CT molecular complexity index is 517. The first-order valence-corrected chi connectivity index (χ1v) is 5.31. The number of hydrogen-bond acceptors (Lipinski definition) is 2. The van der Waals surface area contributed by atoms with Gasteiger partial charge in [0.05, 0.1) is 11.6 Å². The average Bonchev–Trinajstić information content (AvgIpc) is 2.31. The lowest BCUT2D eigenvalue weighted by atomic mass is 10.1. The number of nitrogens with one attached hydrogen (secondary N) is 2. The molecule has 0 bridgehead atoms. The summed E-state index contributed by atoms with van der Waals surface area (Å²) < 4.78 is 0. The normalized spacial score (nSPS) is 11.2. The number of terminal acetylenes is 1. The smallest absolute Gasteiger partial charge is 0.335 e. The molecule has 0 saturated carbocycles. The maximum absolute atomic E-state index is 11.5. The van der Waals surface area contributed by atoms with E-state index in [4.69, 9.17) is 11.5 Å². The summed E-state index contributed by atoms with van der Waals surface area (Å²) in [6.45, 7) is 3.44. The number of amides is 2. The predicted molar refractivity (Wildman–Crippen MR) is 68.6 cm³/mol. The van der Waals surface area contributed by atoms with Crippen molar-refractivity contribution in [3.05, 3.63) is 29.3 Å². The molecule has 1 rings (SSSR count). The number of urea groups is 1. The van der Waals surface area contributed by atoms with E-state index in [0.29, 0.717) is 5.69 Å². The minimum atomic E-state index is -1.05. The summed E-state index contributed by atoms with van der Waals surface area (Å²) in [5, 5.41) is 13.9. The highest BCUT2D eigenvalue weighted by atomic mass is 16.4. The number of hydrogen-bond donors (Lipinski definition) is 3. The van der Waals surface area contributed by atoms with Crippen LogP contribution in [0.2, 0.25) is 0 Å². The van der Waals surface area contributed by atoms with Gasteiger partial charge in [-0.2, -0.15) is 0 Å². The predicted octanol–water partition coefficient (Wildman–Crippen LogP) is 1.84. The molecule has 18 heavy (non-hydrogen) atoms. The largest absolute Gasteiger partial charge is 0.478 e. The summed E-state index contributed by atoms with van der Waals surface area (Å²) >= 11 is 0. The standard InChI is InChI=1S/C13H14N2O3/c1-4-9(3)14-13(18)15-11-7-10(12(16)17)6-5-8(11)2/h1,5-7,9H,2-3H3,(H,16,17)(H2,14,15,18). The molecular formula is C13H14N2O3. The van der Waals surface area contributed by atoms with Gasteiger partial charge in [0.25, 0.3) is 0 Å². The molecule has 0 aliphatic heterocycles. The molecule has 94 valence electrons.